The molecular weight excluding hydrogens is 464 g/mol. The molecule has 0 aliphatic heterocycles. The number of hydrogen-bond donors (Lipinski definition) is 1. The van der Waals surface area contributed by atoms with Crippen molar-refractivity contribution in [3.63, 3.8) is 0 Å². The lowest BCUT2D eigenvalue weighted by Crippen LogP contribution is -2.34. The Hall–Kier alpha value is -4.04. The molecule has 0 spiro atoms. The van der Waals surface area contributed by atoms with Crippen molar-refractivity contribution in [1.29, 1.82) is 0 Å². The van der Waals surface area contributed by atoms with E-state index in [2.05, 4.69) is 75.7 Å². The van der Waals surface area contributed by atoms with Crippen molar-refractivity contribution in [3.05, 3.63) is 111 Å². The molecule has 5 rings (SSSR count). The lowest BCUT2D eigenvalue weighted by atomic mass is 10.0. The van der Waals surface area contributed by atoms with Gasteiger partial charge in [0.2, 0.25) is 0 Å². The maximum atomic E-state index is 13.2. The molecule has 0 bridgehead atoms. The number of rotatable bonds is 10. The quantitative estimate of drug-likeness (QED) is 0.294. The number of H-pyrrole nitrogens is 1. The monoisotopic (exact) mass is 496 g/mol. The summed E-state index contributed by atoms with van der Waals surface area (Å²) in [4.78, 5) is 18.7. The molecule has 8 heteroatoms. The largest absolute Gasteiger partial charge is 0.467 e. The summed E-state index contributed by atoms with van der Waals surface area (Å²) < 4.78 is 7.33. The molecule has 190 valence electrons. The van der Waals surface area contributed by atoms with Gasteiger partial charge in [-0.15, -0.1) is 5.10 Å². The van der Waals surface area contributed by atoms with Crippen LogP contribution in [0.4, 0.5) is 0 Å². The van der Waals surface area contributed by atoms with Crippen LogP contribution in [0.3, 0.4) is 0 Å². The highest BCUT2D eigenvalue weighted by Gasteiger charge is 2.26. The van der Waals surface area contributed by atoms with Gasteiger partial charge in [0.25, 0.3) is 5.56 Å². The minimum atomic E-state index is -0.0801. The Kier molecular flexibility index (Phi) is 7.28. The van der Waals surface area contributed by atoms with E-state index in [4.69, 9.17) is 4.42 Å². The highest BCUT2D eigenvalue weighted by Crippen LogP contribution is 2.26. The van der Waals surface area contributed by atoms with Crippen LogP contribution in [0, 0.1) is 13.8 Å². The van der Waals surface area contributed by atoms with Crippen LogP contribution in [0.5, 0.6) is 0 Å². The fourth-order valence-corrected chi connectivity index (χ4v) is 4.89. The van der Waals surface area contributed by atoms with E-state index in [0.717, 1.165) is 58.6 Å². The van der Waals surface area contributed by atoms with Crippen LogP contribution < -0.4 is 5.56 Å². The molecule has 8 nitrogen and oxygen atoms in total. The smallest absolute Gasteiger partial charge is 0.252 e. The van der Waals surface area contributed by atoms with Crippen molar-refractivity contribution in [2.45, 2.75) is 52.7 Å². The minimum absolute atomic E-state index is 0.0593. The zero-order chi connectivity index (χ0) is 25.8. The summed E-state index contributed by atoms with van der Waals surface area (Å²) >= 11 is 0. The second kappa shape index (κ2) is 10.9. The lowest BCUT2D eigenvalue weighted by Gasteiger charge is -2.30. The molecule has 1 N–H and O–H groups in total. The maximum Gasteiger partial charge on any atom is 0.252 e. The molecule has 0 aliphatic carbocycles. The van der Waals surface area contributed by atoms with E-state index in [-0.39, 0.29) is 11.6 Å². The van der Waals surface area contributed by atoms with Gasteiger partial charge in [-0.1, -0.05) is 49.4 Å². The number of nitrogens with one attached hydrogen (secondary N) is 1. The molecule has 1 unspecified atom stereocenters. The highest BCUT2D eigenvalue weighted by atomic mass is 16.3. The number of nitrogens with zero attached hydrogens (tertiary/aromatic N) is 5. The van der Waals surface area contributed by atoms with E-state index in [1.54, 1.807) is 10.9 Å². The molecule has 0 saturated carbocycles. The van der Waals surface area contributed by atoms with E-state index in [1.165, 1.54) is 5.56 Å². The van der Waals surface area contributed by atoms with Gasteiger partial charge >= 0.3 is 0 Å². The van der Waals surface area contributed by atoms with Crippen LogP contribution in [0.15, 0.2) is 76.1 Å². The van der Waals surface area contributed by atoms with Crippen molar-refractivity contribution in [2.24, 2.45) is 0 Å². The average molecular weight is 497 g/mol. The summed E-state index contributed by atoms with van der Waals surface area (Å²) in [5.74, 6) is 1.55. The Labute approximate surface area is 215 Å². The Balaban J connectivity index is 1.49. The standard InChI is InChI=1S/C29H32N6O2/c1-4-26(28-31-32-33-35(28)19-25-11-8-16-37-25)34(15-14-22-9-6-5-7-10-22)18-24-17-23-13-12-20(2)21(3)27(23)30-29(24)36/h5-13,16-17,26H,4,14-15,18-19H2,1-3H3,(H,30,36). The molecule has 0 saturated heterocycles. The number of fused-ring (bicyclic) bond motifs is 1. The Bertz CT molecular complexity index is 1520. The summed E-state index contributed by atoms with van der Waals surface area (Å²) in [5.41, 5.74) is 5.08. The molecular formula is C29H32N6O2. The average Bonchev–Trinajstić information content (AvgIpc) is 3.59. The number of pyridine rings is 1. The van der Waals surface area contributed by atoms with Crippen molar-refractivity contribution in [3.8, 4) is 0 Å². The van der Waals surface area contributed by atoms with E-state index < -0.39 is 0 Å². The second-order valence-electron chi connectivity index (χ2n) is 9.50. The fraction of sp³-hybridized carbons (Fsp3) is 0.310. The normalized spacial score (nSPS) is 12.4. The van der Waals surface area contributed by atoms with Crippen LogP contribution in [0.25, 0.3) is 10.9 Å². The first-order valence-electron chi connectivity index (χ1n) is 12.7. The third kappa shape index (κ3) is 5.39. The van der Waals surface area contributed by atoms with Gasteiger partial charge in [0.15, 0.2) is 5.82 Å². The summed E-state index contributed by atoms with van der Waals surface area (Å²) in [7, 11) is 0. The predicted molar refractivity (Wildman–Crippen MR) is 143 cm³/mol. The van der Waals surface area contributed by atoms with Crippen LogP contribution in [0.2, 0.25) is 0 Å². The van der Waals surface area contributed by atoms with Crippen LogP contribution in [0.1, 0.15) is 53.2 Å². The molecule has 5 aromatic rings. The number of hydrogen-bond acceptors (Lipinski definition) is 6. The first-order chi connectivity index (χ1) is 18.0. The van der Waals surface area contributed by atoms with Crippen molar-refractivity contribution in [1.82, 2.24) is 30.1 Å². The van der Waals surface area contributed by atoms with E-state index in [1.807, 2.05) is 31.2 Å². The van der Waals surface area contributed by atoms with Gasteiger partial charge in [0.05, 0.1) is 17.8 Å². The van der Waals surface area contributed by atoms with Gasteiger partial charge in [0, 0.05) is 18.7 Å². The second-order valence-corrected chi connectivity index (χ2v) is 9.50. The molecule has 0 fully saturated rings. The van der Waals surface area contributed by atoms with Gasteiger partial charge < -0.3 is 9.40 Å². The molecule has 3 heterocycles. The summed E-state index contributed by atoms with van der Waals surface area (Å²) in [6.07, 6.45) is 3.29. The van der Waals surface area contributed by atoms with Crippen molar-refractivity contribution < 1.29 is 4.42 Å². The zero-order valence-corrected chi connectivity index (χ0v) is 21.5. The van der Waals surface area contributed by atoms with Crippen LogP contribution in [-0.4, -0.2) is 36.6 Å². The van der Waals surface area contributed by atoms with E-state index in [9.17, 15) is 4.79 Å². The summed E-state index contributed by atoms with van der Waals surface area (Å²) in [6.45, 7) is 7.92. The first kappa shape index (κ1) is 24.6. The van der Waals surface area contributed by atoms with Crippen molar-refractivity contribution in [2.75, 3.05) is 6.54 Å². The molecule has 1 atom stereocenters. The van der Waals surface area contributed by atoms with Gasteiger partial charge in [-0.25, -0.2) is 4.68 Å². The summed E-state index contributed by atoms with van der Waals surface area (Å²) in [5, 5.41) is 13.7. The van der Waals surface area contributed by atoms with Crippen LogP contribution in [-0.2, 0) is 19.5 Å². The minimum Gasteiger partial charge on any atom is -0.467 e. The van der Waals surface area contributed by atoms with E-state index in [0.29, 0.717) is 13.1 Å². The number of aryl methyl sites for hydroxylation is 2. The first-order valence-corrected chi connectivity index (χ1v) is 12.7. The van der Waals surface area contributed by atoms with Crippen LogP contribution >= 0.6 is 0 Å². The maximum absolute atomic E-state index is 13.2. The SMILES string of the molecule is CCC(c1nnnn1Cc1ccco1)N(CCc1ccccc1)Cc1cc2ccc(C)c(C)c2[nH]c1=O. The highest BCUT2D eigenvalue weighted by molar-refractivity contribution is 5.83. The Morgan fingerprint density at radius 3 is 2.68 bits per heavy atom. The number of furan rings is 1. The third-order valence-electron chi connectivity index (χ3n) is 7.10. The van der Waals surface area contributed by atoms with Gasteiger partial charge in [-0.3, -0.25) is 9.69 Å². The number of tetrazole rings is 1. The molecule has 3 aromatic heterocycles. The topological polar surface area (TPSA) is 92.8 Å². The molecule has 37 heavy (non-hydrogen) atoms. The number of benzene rings is 2. The third-order valence-corrected chi connectivity index (χ3v) is 7.10. The predicted octanol–water partition coefficient (Wildman–Crippen LogP) is 4.97. The van der Waals surface area contributed by atoms with E-state index >= 15 is 0 Å². The fourth-order valence-electron chi connectivity index (χ4n) is 4.89. The van der Waals surface area contributed by atoms with Crippen molar-refractivity contribution >= 4 is 10.9 Å². The van der Waals surface area contributed by atoms with Gasteiger partial charge in [-0.2, -0.15) is 0 Å². The van der Waals surface area contributed by atoms with Gasteiger partial charge in [0.1, 0.15) is 12.3 Å². The number of aromatic nitrogens is 5. The molecule has 0 radical (unpaired) electrons. The molecule has 0 aliphatic rings. The lowest BCUT2D eigenvalue weighted by molar-refractivity contribution is 0.172. The Morgan fingerprint density at radius 2 is 1.92 bits per heavy atom. The molecule has 2 aromatic carbocycles. The van der Waals surface area contributed by atoms with Gasteiger partial charge in [-0.05, 0) is 77.4 Å². The number of aromatic amines is 1. The Morgan fingerprint density at radius 1 is 1.08 bits per heavy atom. The summed E-state index contributed by atoms with van der Waals surface area (Å²) in [6, 6.07) is 20.3. The zero-order valence-electron chi connectivity index (χ0n) is 21.5. The molecule has 0 amide bonds.